The number of nitriles is 1. The number of benzene rings is 2. The average molecular weight is 331 g/mol. The molecule has 1 heterocycles. The Morgan fingerprint density at radius 1 is 1.28 bits per heavy atom. The van der Waals surface area contributed by atoms with Crippen LogP contribution in [0.5, 0.6) is 5.75 Å². The number of aromatic amines is 1. The summed E-state index contributed by atoms with van der Waals surface area (Å²) in [6.07, 6.45) is 3.37. The van der Waals surface area contributed by atoms with Crippen LogP contribution in [-0.2, 0) is 4.79 Å². The Labute approximate surface area is 145 Å². The molecule has 0 aliphatic carbocycles. The first-order chi connectivity index (χ1) is 12.2. The number of fused-ring (bicyclic) bond motifs is 1. The van der Waals surface area contributed by atoms with Crippen molar-refractivity contribution >= 4 is 28.6 Å². The molecule has 0 radical (unpaired) electrons. The van der Waals surface area contributed by atoms with E-state index in [1.54, 1.807) is 30.5 Å². The van der Waals surface area contributed by atoms with Crippen molar-refractivity contribution in [2.75, 3.05) is 11.9 Å². The van der Waals surface area contributed by atoms with E-state index in [1.165, 1.54) is 0 Å². The molecule has 1 aromatic heterocycles. The summed E-state index contributed by atoms with van der Waals surface area (Å²) in [6, 6.07) is 16.8. The summed E-state index contributed by atoms with van der Waals surface area (Å²) in [5, 5.41) is 13.1. The lowest BCUT2D eigenvalue weighted by molar-refractivity contribution is -0.112. The number of anilines is 1. The van der Waals surface area contributed by atoms with Gasteiger partial charge in [-0.1, -0.05) is 24.3 Å². The van der Waals surface area contributed by atoms with Gasteiger partial charge in [0.1, 0.15) is 17.4 Å². The van der Waals surface area contributed by atoms with Crippen LogP contribution in [0.15, 0.2) is 60.3 Å². The Kier molecular flexibility index (Phi) is 4.82. The molecule has 0 aliphatic rings. The highest BCUT2D eigenvalue weighted by molar-refractivity contribution is 6.10. The number of hydrogen-bond acceptors (Lipinski definition) is 3. The number of para-hydroxylation sites is 1. The molecule has 0 spiro atoms. The van der Waals surface area contributed by atoms with Crippen molar-refractivity contribution in [3.8, 4) is 11.8 Å². The summed E-state index contributed by atoms with van der Waals surface area (Å²) in [5.41, 5.74) is 2.36. The fourth-order valence-corrected chi connectivity index (χ4v) is 2.55. The Morgan fingerprint density at radius 2 is 2.12 bits per heavy atom. The number of amides is 1. The molecule has 124 valence electrons. The third-order valence-corrected chi connectivity index (χ3v) is 3.69. The van der Waals surface area contributed by atoms with Gasteiger partial charge < -0.3 is 15.0 Å². The van der Waals surface area contributed by atoms with Crippen molar-refractivity contribution in [3.63, 3.8) is 0 Å². The van der Waals surface area contributed by atoms with Crippen molar-refractivity contribution in [2.24, 2.45) is 0 Å². The van der Waals surface area contributed by atoms with Gasteiger partial charge in [0.2, 0.25) is 0 Å². The number of ether oxygens (including phenoxy) is 1. The van der Waals surface area contributed by atoms with E-state index in [9.17, 15) is 10.1 Å². The molecule has 2 aromatic carbocycles. The third kappa shape index (κ3) is 3.70. The maximum absolute atomic E-state index is 12.4. The molecular formula is C20H17N3O2. The fourth-order valence-electron chi connectivity index (χ4n) is 2.55. The summed E-state index contributed by atoms with van der Waals surface area (Å²) < 4.78 is 5.41. The lowest BCUT2D eigenvalue weighted by Gasteiger charge is -2.07. The maximum Gasteiger partial charge on any atom is 0.266 e. The van der Waals surface area contributed by atoms with E-state index in [1.807, 2.05) is 43.3 Å². The highest BCUT2D eigenvalue weighted by atomic mass is 16.5. The van der Waals surface area contributed by atoms with Crippen molar-refractivity contribution < 1.29 is 9.53 Å². The highest BCUT2D eigenvalue weighted by Gasteiger charge is 2.11. The largest absolute Gasteiger partial charge is 0.494 e. The lowest BCUT2D eigenvalue weighted by atomic mass is 10.1. The first-order valence-electron chi connectivity index (χ1n) is 7.93. The van der Waals surface area contributed by atoms with Gasteiger partial charge in [-0.05, 0) is 31.2 Å². The van der Waals surface area contributed by atoms with Crippen LogP contribution in [0.1, 0.15) is 12.5 Å². The van der Waals surface area contributed by atoms with Crippen LogP contribution in [0.3, 0.4) is 0 Å². The molecule has 5 nitrogen and oxygen atoms in total. The number of nitrogens with one attached hydrogen (secondary N) is 2. The van der Waals surface area contributed by atoms with Crippen LogP contribution in [0.4, 0.5) is 5.69 Å². The van der Waals surface area contributed by atoms with Gasteiger partial charge in [0, 0.05) is 34.4 Å². The van der Waals surface area contributed by atoms with Gasteiger partial charge in [-0.25, -0.2) is 0 Å². The zero-order valence-electron chi connectivity index (χ0n) is 13.7. The molecule has 0 bridgehead atoms. The van der Waals surface area contributed by atoms with Crippen LogP contribution >= 0.6 is 0 Å². The minimum atomic E-state index is -0.457. The molecule has 0 saturated carbocycles. The highest BCUT2D eigenvalue weighted by Crippen LogP contribution is 2.21. The van der Waals surface area contributed by atoms with Crippen LogP contribution in [-0.4, -0.2) is 17.5 Å². The van der Waals surface area contributed by atoms with Crippen molar-refractivity contribution in [1.29, 1.82) is 5.26 Å². The minimum absolute atomic E-state index is 0.0339. The summed E-state index contributed by atoms with van der Waals surface area (Å²) in [7, 11) is 0. The standard InChI is InChI=1S/C20H17N3O2/c1-2-25-17-7-5-6-16(11-17)23-20(24)14(12-21)10-15-13-22-19-9-4-3-8-18(15)19/h3-11,13,22H,2H2,1H3,(H,23,24)/b14-10-. The molecule has 0 fully saturated rings. The first-order valence-corrected chi connectivity index (χ1v) is 7.93. The summed E-state index contributed by atoms with van der Waals surface area (Å²) in [5.74, 6) is 0.209. The summed E-state index contributed by atoms with van der Waals surface area (Å²) >= 11 is 0. The van der Waals surface area contributed by atoms with Gasteiger partial charge in [0.15, 0.2) is 0 Å². The van der Waals surface area contributed by atoms with E-state index in [4.69, 9.17) is 4.74 Å². The molecule has 0 aliphatic heterocycles. The number of rotatable bonds is 5. The van der Waals surface area contributed by atoms with E-state index in [0.29, 0.717) is 18.0 Å². The summed E-state index contributed by atoms with van der Waals surface area (Å²) in [4.78, 5) is 15.5. The third-order valence-electron chi connectivity index (χ3n) is 3.69. The number of aromatic nitrogens is 1. The molecule has 1 amide bonds. The van der Waals surface area contributed by atoms with E-state index in [0.717, 1.165) is 16.5 Å². The van der Waals surface area contributed by atoms with Gasteiger partial charge in [0.25, 0.3) is 5.91 Å². The van der Waals surface area contributed by atoms with Crippen molar-refractivity contribution in [3.05, 3.63) is 65.9 Å². The smallest absolute Gasteiger partial charge is 0.266 e. The number of H-pyrrole nitrogens is 1. The van der Waals surface area contributed by atoms with Crippen LogP contribution in [0.2, 0.25) is 0 Å². The van der Waals surface area contributed by atoms with E-state index < -0.39 is 5.91 Å². The molecule has 0 atom stereocenters. The quantitative estimate of drug-likeness (QED) is 0.545. The normalized spacial score (nSPS) is 11.1. The van der Waals surface area contributed by atoms with Gasteiger partial charge in [-0.2, -0.15) is 5.26 Å². The topological polar surface area (TPSA) is 77.9 Å². The molecular weight excluding hydrogens is 314 g/mol. The molecule has 3 aromatic rings. The lowest BCUT2D eigenvalue weighted by Crippen LogP contribution is -2.13. The Bertz CT molecular complexity index is 980. The van der Waals surface area contributed by atoms with Gasteiger partial charge in [0.05, 0.1) is 6.61 Å². The van der Waals surface area contributed by atoms with E-state index in [-0.39, 0.29) is 5.57 Å². The minimum Gasteiger partial charge on any atom is -0.494 e. The Balaban J connectivity index is 1.84. The Morgan fingerprint density at radius 3 is 2.92 bits per heavy atom. The second-order valence-corrected chi connectivity index (χ2v) is 5.37. The van der Waals surface area contributed by atoms with Gasteiger partial charge in [-0.15, -0.1) is 0 Å². The second-order valence-electron chi connectivity index (χ2n) is 5.37. The molecule has 0 unspecified atom stereocenters. The van der Waals surface area contributed by atoms with Crippen LogP contribution in [0, 0.1) is 11.3 Å². The molecule has 3 rings (SSSR count). The second kappa shape index (κ2) is 7.37. The van der Waals surface area contributed by atoms with E-state index in [2.05, 4.69) is 10.3 Å². The molecule has 2 N–H and O–H groups in total. The van der Waals surface area contributed by atoms with E-state index >= 15 is 0 Å². The number of carbonyl (C=O) groups is 1. The number of hydrogen-bond donors (Lipinski definition) is 2. The average Bonchev–Trinajstić information content (AvgIpc) is 3.03. The number of carbonyl (C=O) groups excluding carboxylic acids is 1. The number of nitrogens with zero attached hydrogens (tertiary/aromatic N) is 1. The SMILES string of the molecule is CCOc1cccc(NC(=O)/C(C#N)=C\c2c[nH]c3ccccc23)c1. The predicted molar refractivity (Wildman–Crippen MR) is 98.1 cm³/mol. The fraction of sp³-hybridized carbons (Fsp3) is 0.100. The van der Waals surface area contributed by atoms with Crippen LogP contribution in [0.25, 0.3) is 17.0 Å². The monoisotopic (exact) mass is 331 g/mol. The summed E-state index contributed by atoms with van der Waals surface area (Å²) in [6.45, 7) is 2.43. The van der Waals surface area contributed by atoms with Crippen molar-refractivity contribution in [1.82, 2.24) is 4.98 Å². The molecule has 5 heteroatoms. The maximum atomic E-state index is 12.4. The first kappa shape index (κ1) is 16.3. The zero-order chi connectivity index (χ0) is 17.6. The van der Waals surface area contributed by atoms with Crippen molar-refractivity contribution in [2.45, 2.75) is 6.92 Å². The Hall–Kier alpha value is -3.52. The molecule has 25 heavy (non-hydrogen) atoms. The zero-order valence-corrected chi connectivity index (χ0v) is 13.7. The molecule has 0 saturated heterocycles. The van der Waals surface area contributed by atoms with Gasteiger partial charge >= 0.3 is 0 Å². The predicted octanol–water partition coefficient (Wildman–Crippen LogP) is 4.11. The van der Waals surface area contributed by atoms with Crippen LogP contribution < -0.4 is 10.1 Å². The van der Waals surface area contributed by atoms with Gasteiger partial charge in [-0.3, -0.25) is 4.79 Å².